The molecule has 0 bridgehead atoms. The van der Waals surface area contributed by atoms with Crippen LogP contribution in [0, 0.1) is 16.6 Å². The number of aromatic nitrogens is 2. The third-order valence-corrected chi connectivity index (χ3v) is 4.35. The van der Waals surface area contributed by atoms with Gasteiger partial charge in [-0.3, -0.25) is 14.6 Å². The molecule has 22 heavy (non-hydrogen) atoms. The Balaban J connectivity index is 1.97. The number of carbonyl (C=O) groups excluding carboxylic acids is 1. The zero-order chi connectivity index (χ0) is 15.9. The molecule has 0 unspecified atom stereocenters. The molecule has 5 nitrogen and oxygen atoms in total. The van der Waals surface area contributed by atoms with E-state index in [4.69, 9.17) is 12.2 Å². The number of carbonyl (C=O) groups is 1. The molecule has 0 spiro atoms. The van der Waals surface area contributed by atoms with Gasteiger partial charge in [-0.25, -0.2) is 0 Å². The van der Waals surface area contributed by atoms with E-state index in [0.717, 1.165) is 19.5 Å². The molecule has 2 aromatic rings. The Morgan fingerprint density at radius 1 is 1.23 bits per heavy atom. The summed E-state index contributed by atoms with van der Waals surface area (Å²) in [4.78, 5) is 31.9. The molecule has 116 valence electrons. The number of nitrogens with one attached hydrogen (secondary N) is 2. The summed E-state index contributed by atoms with van der Waals surface area (Å²) in [5.74, 6) is 1.04. The zero-order valence-electron chi connectivity index (χ0n) is 12.7. The Hall–Kier alpha value is -1.95. The van der Waals surface area contributed by atoms with Gasteiger partial charge in [0.25, 0.3) is 11.5 Å². The van der Waals surface area contributed by atoms with Crippen molar-refractivity contribution in [2.75, 3.05) is 13.1 Å². The van der Waals surface area contributed by atoms with Crippen molar-refractivity contribution >= 4 is 29.0 Å². The molecule has 0 radical (unpaired) electrons. The lowest BCUT2D eigenvalue weighted by atomic mass is 9.91. The van der Waals surface area contributed by atoms with Crippen molar-refractivity contribution in [2.24, 2.45) is 11.8 Å². The van der Waals surface area contributed by atoms with Crippen LogP contribution in [-0.2, 0) is 0 Å². The Kier molecular flexibility index (Phi) is 3.87. The predicted molar refractivity (Wildman–Crippen MR) is 88.6 cm³/mol. The van der Waals surface area contributed by atoms with Crippen LogP contribution in [0.4, 0.5) is 0 Å². The lowest BCUT2D eigenvalue weighted by molar-refractivity contribution is 0.0623. The molecule has 1 amide bonds. The standard InChI is InChI=1S/C16H19N3O2S/c1-9-5-10(2)8-19(7-9)15(21)11-3-4-12-13(6-11)17-16(22)18-14(12)20/h3-4,6,9-10H,5,7-8H2,1-2H3,(H2,17,18,20,22)/t9-,10-/m0/s1. The van der Waals surface area contributed by atoms with Gasteiger partial charge in [-0.05, 0) is 48.7 Å². The van der Waals surface area contributed by atoms with Gasteiger partial charge in [-0.1, -0.05) is 13.8 Å². The van der Waals surface area contributed by atoms with E-state index in [1.165, 1.54) is 0 Å². The molecule has 3 rings (SSSR count). The third kappa shape index (κ3) is 2.83. The monoisotopic (exact) mass is 317 g/mol. The number of benzene rings is 1. The van der Waals surface area contributed by atoms with E-state index in [-0.39, 0.29) is 16.2 Å². The molecule has 2 atom stereocenters. The maximum absolute atomic E-state index is 12.7. The number of piperidine rings is 1. The Morgan fingerprint density at radius 2 is 1.91 bits per heavy atom. The molecular weight excluding hydrogens is 298 g/mol. The highest BCUT2D eigenvalue weighted by Gasteiger charge is 2.26. The fourth-order valence-corrected chi connectivity index (χ4v) is 3.52. The number of hydrogen-bond acceptors (Lipinski definition) is 3. The van der Waals surface area contributed by atoms with Crippen LogP contribution in [0.3, 0.4) is 0 Å². The van der Waals surface area contributed by atoms with Crippen LogP contribution in [0.5, 0.6) is 0 Å². The normalized spacial score (nSPS) is 22.0. The van der Waals surface area contributed by atoms with Gasteiger partial charge in [0, 0.05) is 18.7 Å². The van der Waals surface area contributed by atoms with Crippen LogP contribution in [0.1, 0.15) is 30.6 Å². The smallest absolute Gasteiger partial charge is 0.259 e. The van der Waals surface area contributed by atoms with Crippen LogP contribution < -0.4 is 5.56 Å². The topological polar surface area (TPSA) is 69.0 Å². The summed E-state index contributed by atoms with van der Waals surface area (Å²) in [5.41, 5.74) is 0.945. The second-order valence-corrected chi connectivity index (χ2v) is 6.73. The van der Waals surface area contributed by atoms with Crippen LogP contribution in [0.25, 0.3) is 10.9 Å². The maximum atomic E-state index is 12.7. The molecule has 0 saturated carbocycles. The van der Waals surface area contributed by atoms with Gasteiger partial charge in [0.2, 0.25) is 0 Å². The number of likely N-dealkylation sites (tertiary alicyclic amines) is 1. The van der Waals surface area contributed by atoms with Crippen molar-refractivity contribution in [1.29, 1.82) is 0 Å². The van der Waals surface area contributed by atoms with Crippen molar-refractivity contribution in [3.8, 4) is 0 Å². The van der Waals surface area contributed by atoms with Gasteiger partial charge < -0.3 is 9.88 Å². The second-order valence-electron chi connectivity index (χ2n) is 6.32. The summed E-state index contributed by atoms with van der Waals surface area (Å²) in [5, 5.41) is 0.505. The number of rotatable bonds is 1. The van der Waals surface area contributed by atoms with Gasteiger partial charge in [0.15, 0.2) is 4.77 Å². The maximum Gasteiger partial charge on any atom is 0.259 e. The highest BCUT2D eigenvalue weighted by molar-refractivity contribution is 7.71. The lowest BCUT2D eigenvalue weighted by Crippen LogP contribution is -2.42. The number of H-pyrrole nitrogens is 2. The molecule has 1 fully saturated rings. The first-order chi connectivity index (χ1) is 10.4. The van der Waals surface area contributed by atoms with Crippen LogP contribution in [-0.4, -0.2) is 33.9 Å². The first kappa shape index (κ1) is 15.0. The summed E-state index contributed by atoms with van der Waals surface area (Å²) in [6.07, 6.45) is 1.16. The van der Waals surface area contributed by atoms with Crippen molar-refractivity contribution in [3.63, 3.8) is 0 Å². The van der Waals surface area contributed by atoms with E-state index < -0.39 is 0 Å². The number of hydrogen-bond donors (Lipinski definition) is 2. The quantitative estimate of drug-likeness (QED) is 0.795. The SMILES string of the molecule is C[C@H]1C[C@H](C)CN(C(=O)c2ccc3c(=O)[nH]c(=S)[nH]c3c2)C1. The average molecular weight is 317 g/mol. The van der Waals surface area contributed by atoms with Gasteiger partial charge in [-0.2, -0.15) is 0 Å². The minimum absolute atomic E-state index is 0.0138. The number of fused-ring (bicyclic) bond motifs is 1. The zero-order valence-corrected chi connectivity index (χ0v) is 13.5. The van der Waals surface area contributed by atoms with Crippen LogP contribution >= 0.6 is 12.2 Å². The van der Waals surface area contributed by atoms with E-state index in [0.29, 0.717) is 28.3 Å². The van der Waals surface area contributed by atoms with Crippen molar-refractivity contribution in [2.45, 2.75) is 20.3 Å². The summed E-state index contributed by atoms with van der Waals surface area (Å²) in [6.45, 7) is 5.92. The van der Waals surface area contributed by atoms with Gasteiger partial charge >= 0.3 is 0 Å². The molecule has 1 aliphatic heterocycles. The van der Waals surface area contributed by atoms with E-state index in [1.54, 1.807) is 18.2 Å². The van der Waals surface area contributed by atoms with E-state index in [9.17, 15) is 9.59 Å². The molecule has 6 heteroatoms. The van der Waals surface area contributed by atoms with Gasteiger partial charge in [0.05, 0.1) is 10.9 Å². The van der Waals surface area contributed by atoms with Gasteiger partial charge in [-0.15, -0.1) is 0 Å². The van der Waals surface area contributed by atoms with Crippen LogP contribution in [0.15, 0.2) is 23.0 Å². The summed E-state index contributed by atoms with van der Waals surface area (Å²) < 4.78 is 0.266. The van der Waals surface area contributed by atoms with Crippen molar-refractivity contribution in [3.05, 3.63) is 38.9 Å². The Morgan fingerprint density at radius 3 is 2.59 bits per heavy atom. The Labute approximate surface area is 133 Å². The highest BCUT2D eigenvalue weighted by atomic mass is 32.1. The summed E-state index contributed by atoms with van der Waals surface area (Å²) >= 11 is 4.99. The third-order valence-electron chi connectivity index (χ3n) is 4.14. The number of nitrogens with zero attached hydrogens (tertiary/aromatic N) is 1. The van der Waals surface area contributed by atoms with E-state index >= 15 is 0 Å². The number of aromatic amines is 2. The molecule has 1 saturated heterocycles. The lowest BCUT2D eigenvalue weighted by Gasteiger charge is -2.35. The molecule has 2 heterocycles. The minimum Gasteiger partial charge on any atom is -0.338 e. The van der Waals surface area contributed by atoms with Crippen LogP contribution in [0.2, 0.25) is 0 Å². The molecule has 1 aromatic heterocycles. The van der Waals surface area contributed by atoms with Crippen molar-refractivity contribution < 1.29 is 4.79 Å². The van der Waals surface area contributed by atoms with Crippen molar-refractivity contribution in [1.82, 2.24) is 14.9 Å². The first-order valence-corrected chi connectivity index (χ1v) is 7.90. The predicted octanol–water partition coefficient (Wildman–Crippen LogP) is 2.70. The largest absolute Gasteiger partial charge is 0.338 e. The van der Waals surface area contributed by atoms with E-state index in [2.05, 4.69) is 23.8 Å². The molecular formula is C16H19N3O2S. The summed E-state index contributed by atoms with van der Waals surface area (Å²) in [7, 11) is 0. The fourth-order valence-electron chi connectivity index (χ4n) is 3.31. The molecule has 1 aromatic carbocycles. The molecule has 2 N–H and O–H groups in total. The minimum atomic E-state index is -0.238. The number of amides is 1. The van der Waals surface area contributed by atoms with Gasteiger partial charge in [0.1, 0.15) is 0 Å². The summed E-state index contributed by atoms with van der Waals surface area (Å²) in [6, 6.07) is 5.09. The Bertz CT molecular complexity index is 829. The van der Waals surface area contributed by atoms with E-state index in [1.807, 2.05) is 4.90 Å². The fraction of sp³-hybridized carbons (Fsp3) is 0.438. The highest BCUT2D eigenvalue weighted by Crippen LogP contribution is 2.23. The first-order valence-electron chi connectivity index (χ1n) is 7.49. The second kappa shape index (κ2) is 5.68. The average Bonchev–Trinajstić information content (AvgIpc) is 2.44. The molecule has 1 aliphatic rings. The molecule has 0 aliphatic carbocycles.